The fourth-order valence-electron chi connectivity index (χ4n) is 2.31. The summed E-state index contributed by atoms with van der Waals surface area (Å²) in [7, 11) is 0. The van der Waals surface area contributed by atoms with E-state index in [4.69, 9.17) is 16.1 Å². The lowest BCUT2D eigenvalue weighted by Gasteiger charge is -1.95. The number of rotatable bonds is 5. The van der Waals surface area contributed by atoms with E-state index in [1.807, 2.05) is 60.7 Å². The highest BCUT2D eigenvalue weighted by Crippen LogP contribution is 2.25. The summed E-state index contributed by atoms with van der Waals surface area (Å²) in [5.74, 6) is 2.10. The molecule has 0 atom stereocenters. The molecule has 0 aliphatic rings. The molecule has 0 saturated heterocycles. The second-order valence-corrected chi connectivity index (χ2v) is 6.69. The first-order chi connectivity index (χ1) is 12.3. The third-order valence-electron chi connectivity index (χ3n) is 3.55. The highest BCUT2D eigenvalue weighted by molar-refractivity contribution is 7.98. The molecule has 0 aliphatic carbocycles. The van der Waals surface area contributed by atoms with E-state index in [-0.39, 0.29) is 0 Å². The molecule has 2 aromatic carbocycles. The number of aromatic nitrogens is 4. The lowest BCUT2D eigenvalue weighted by atomic mass is 10.1. The zero-order chi connectivity index (χ0) is 17.1. The van der Waals surface area contributed by atoms with Gasteiger partial charge in [0.15, 0.2) is 5.82 Å². The van der Waals surface area contributed by atoms with Crippen LogP contribution in [0.5, 0.6) is 0 Å². The van der Waals surface area contributed by atoms with Crippen LogP contribution in [-0.2, 0) is 5.75 Å². The SMILES string of the molecule is Clc1ccc(-c2nc(SCc3cc(-c4ccccc4)no3)n[nH]2)cc1. The van der Waals surface area contributed by atoms with Gasteiger partial charge in [-0.25, -0.2) is 4.98 Å². The molecule has 0 aliphatic heterocycles. The topological polar surface area (TPSA) is 67.6 Å². The highest BCUT2D eigenvalue weighted by Gasteiger charge is 2.10. The summed E-state index contributed by atoms with van der Waals surface area (Å²) < 4.78 is 5.39. The number of aromatic amines is 1. The van der Waals surface area contributed by atoms with Gasteiger partial charge in [0.1, 0.15) is 11.5 Å². The number of nitrogens with one attached hydrogen (secondary N) is 1. The highest BCUT2D eigenvalue weighted by atomic mass is 35.5. The van der Waals surface area contributed by atoms with Crippen LogP contribution in [0, 0.1) is 0 Å². The second-order valence-electron chi connectivity index (χ2n) is 5.31. The molecule has 0 bridgehead atoms. The molecular weight excluding hydrogens is 356 g/mol. The second kappa shape index (κ2) is 7.13. The van der Waals surface area contributed by atoms with Gasteiger partial charge in [0.2, 0.25) is 5.16 Å². The maximum atomic E-state index is 5.90. The van der Waals surface area contributed by atoms with Crippen molar-refractivity contribution >= 4 is 23.4 Å². The average Bonchev–Trinajstić information content (AvgIpc) is 3.31. The van der Waals surface area contributed by atoms with Crippen molar-refractivity contribution < 1.29 is 4.52 Å². The molecule has 1 N–H and O–H groups in total. The van der Waals surface area contributed by atoms with Crippen molar-refractivity contribution in [3.05, 3.63) is 71.4 Å². The van der Waals surface area contributed by atoms with Crippen LogP contribution in [0.4, 0.5) is 0 Å². The first kappa shape index (κ1) is 15.9. The molecule has 0 fully saturated rings. The summed E-state index contributed by atoms with van der Waals surface area (Å²) in [6, 6.07) is 19.3. The molecule has 0 spiro atoms. The quantitative estimate of drug-likeness (QED) is 0.498. The van der Waals surface area contributed by atoms with Gasteiger partial charge in [0.05, 0.1) is 5.75 Å². The normalized spacial score (nSPS) is 10.9. The van der Waals surface area contributed by atoms with E-state index < -0.39 is 0 Å². The van der Waals surface area contributed by atoms with Crippen LogP contribution in [0.3, 0.4) is 0 Å². The maximum Gasteiger partial charge on any atom is 0.209 e. The Labute approximate surface area is 153 Å². The Morgan fingerprint density at radius 2 is 1.80 bits per heavy atom. The number of halogens is 1. The molecule has 0 radical (unpaired) electrons. The van der Waals surface area contributed by atoms with Gasteiger partial charge in [0, 0.05) is 22.2 Å². The summed E-state index contributed by atoms with van der Waals surface area (Å²) >= 11 is 7.39. The Morgan fingerprint density at radius 1 is 1.00 bits per heavy atom. The van der Waals surface area contributed by atoms with Gasteiger partial charge in [-0.1, -0.05) is 58.9 Å². The summed E-state index contributed by atoms with van der Waals surface area (Å²) in [6.07, 6.45) is 0. The lowest BCUT2D eigenvalue weighted by Crippen LogP contribution is -1.80. The van der Waals surface area contributed by atoms with E-state index in [1.54, 1.807) is 0 Å². The number of H-pyrrole nitrogens is 1. The predicted octanol–water partition coefficient (Wildman–Crippen LogP) is 5.07. The Morgan fingerprint density at radius 3 is 2.60 bits per heavy atom. The molecule has 4 aromatic rings. The number of thioether (sulfide) groups is 1. The van der Waals surface area contributed by atoms with Crippen molar-refractivity contribution in [1.82, 2.24) is 20.3 Å². The van der Waals surface area contributed by atoms with Crippen LogP contribution in [0.1, 0.15) is 5.76 Å². The van der Waals surface area contributed by atoms with Crippen molar-refractivity contribution in [2.75, 3.05) is 0 Å². The predicted molar refractivity (Wildman–Crippen MR) is 98.3 cm³/mol. The number of benzene rings is 2. The zero-order valence-corrected chi connectivity index (χ0v) is 14.6. The van der Waals surface area contributed by atoms with Crippen molar-refractivity contribution in [2.24, 2.45) is 0 Å². The van der Waals surface area contributed by atoms with Crippen LogP contribution in [0.15, 0.2) is 70.3 Å². The van der Waals surface area contributed by atoms with Crippen LogP contribution >= 0.6 is 23.4 Å². The molecule has 7 heteroatoms. The Kier molecular flexibility index (Phi) is 4.54. The number of hydrogen-bond donors (Lipinski definition) is 1. The molecule has 0 unspecified atom stereocenters. The largest absolute Gasteiger partial charge is 0.360 e. The summed E-state index contributed by atoms with van der Waals surface area (Å²) in [4.78, 5) is 4.48. The maximum absolute atomic E-state index is 5.90. The zero-order valence-electron chi connectivity index (χ0n) is 13.0. The average molecular weight is 369 g/mol. The minimum Gasteiger partial charge on any atom is -0.360 e. The lowest BCUT2D eigenvalue weighted by molar-refractivity contribution is 0.397. The molecule has 2 heterocycles. The summed E-state index contributed by atoms with van der Waals surface area (Å²) in [6.45, 7) is 0. The van der Waals surface area contributed by atoms with E-state index in [0.29, 0.717) is 21.8 Å². The summed E-state index contributed by atoms with van der Waals surface area (Å²) in [5.41, 5.74) is 2.80. The molecule has 0 amide bonds. The third kappa shape index (κ3) is 3.75. The van der Waals surface area contributed by atoms with Crippen molar-refractivity contribution in [2.45, 2.75) is 10.9 Å². The smallest absolute Gasteiger partial charge is 0.209 e. The van der Waals surface area contributed by atoms with Crippen molar-refractivity contribution in [1.29, 1.82) is 0 Å². The van der Waals surface area contributed by atoms with E-state index >= 15 is 0 Å². The molecule has 0 saturated carbocycles. The molecule has 25 heavy (non-hydrogen) atoms. The van der Waals surface area contributed by atoms with Crippen LogP contribution in [-0.4, -0.2) is 20.3 Å². The molecule has 4 rings (SSSR count). The van der Waals surface area contributed by atoms with Gasteiger partial charge in [-0.3, -0.25) is 5.10 Å². The van der Waals surface area contributed by atoms with Crippen molar-refractivity contribution in [3.63, 3.8) is 0 Å². The van der Waals surface area contributed by atoms with Gasteiger partial charge >= 0.3 is 0 Å². The Bertz CT molecular complexity index is 966. The van der Waals surface area contributed by atoms with E-state index in [9.17, 15) is 0 Å². The molecule has 2 aromatic heterocycles. The van der Waals surface area contributed by atoms with Crippen LogP contribution in [0.25, 0.3) is 22.6 Å². The van der Waals surface area contributed by atoms with Crippen LogP contribution in [0.2, 0.25) is 5.02 Å². The third-order valence-corrected chi connectivity index (χ3v) is 4.68. The van der Waals surface area contributed by atoms with Crippen molar-refractivity contribution in [3.8, 4) is 22.6 Å². The van der Waals surface area contributed by atoms with Gasteiger partial charge in [-0.05, 0) is 24.3 Å². The number of nitrogens with zero attached hydrogens (tertiary/aromatic N) is 3. The fraction of sp³-hybridized carbons (Fsp3) is 0.0556. The van der Waals surface area contributed by atoms with E-state index in [1.165, 1.54) is 11.8 Å². The fourth-order valence-corrected chi connectivity index (χ4v) is 3.11. The number of hydrogen-bond acceptors (Lipinski definition) is 5. The Balaban J connectivity index is 1.42. The van der Waals surface area contributed by atoms with Gasteiger partial charge < -0.3 is 4.52 Å². The van der Waals surface area contributed by atoms with Gasteiger partial charge in [0.25, 0.3) is 0 Å². The molecule has 124 valence electrons. The van der Waals surface area contributed by atoms with E-state index in [0.717, 1.165) is 22.6 Å². The van der Waals surface area contributed by atoms with Crippen LogP contribution < -0.4 is 0 Å². The molecular formula is C18H13ClN4OS. The Hall–Kier alpha value is -2.57. The van der Waals surface area contributed by atoms with Gasteiger partial charge in [-0.15, -0.1) is 5.10 Å². The standard InChI is InChI=1S/C18H13ClN4OS/c19-14-8-6-13(7-9-14)17-20-18(22-21-17)25-11-15-10-16(23-24-15)12-4-2-1-3-5-12/h1-10H,11H2,(H,20,21,22). The van der Waals surface area contributed by atoms with E-state index in [2.05, 4.69) is 20.3 Å². The first-order valence-corrected chi connectivity index (χ1v) is 8.96. The monoisotopic (exact) mass is 368 g/mol. The first-order valence-electron chi connectivity index (χ1n) is 7.60. The minimum atomic E-state index is 0.609. The summed E-state index contributed by atoms with van der Waals surface area (Å²) in [5, 5.41) is 12.6. The minimum absolute atomic E-state index is 0.609. The van der Waals surface area contributed by atoms with Gasteiger partial charge in [-0.2, -0.15) is 0 Å². The molecule has 5 nitrogen and oxygen atoms in total.